The number of imide groups is 1. The van der Waals surface area contributed by atoms with Crippen LogP contribution in [0, 0.1) is 6.92 Å². The van der Waals surface area contributed by atoms with Crippen LogP contribution in [0.5, 0.6) is 0 Å². The van der Waals surface area contributed by atoms with Gasteiger partial charge in [0.2, 0.25) is 11.8 Å². The molecule has 18 heavy (non-hydrogen) atoms. The van der Waals surface area contributed by atoms with E-state index in [0.717, 1.165) is 11.4 Å². The molecule has 2 N–H and O–H groups in total. The zero-order chi connectivity index (χ0) is 13.3. The Hall–Kier alpha value is -1.69. The van der Waals surface area contributed by atoms with Crippen LogP contribution >= 0.6 is 0 Å². The van der Waals surface area contributed by atoms with E-state index in [2.05, 4.69) is 5.10 Å². The van der Waals surface area contributed by atoms with Gasteiger partial charge in [-0.2, -0.15) is 5.10 Å². The summed E-state index contributed by atoms with van der Waals surface area (Å²) in [6, 6.07) is 1.34. The maximum absolute atomic E-state index is 11.9. The largest absolute Gasteiger partial charge is 0.320 e. The number of hydrogen-bond acceptors (Lipinski definition) is 4. The molecule has 2 amide bonds. The quantitative estimate of drug-likeness (QED) is 0.776. The third kappa shape index (κ3) is 2.28. The van der Waals surface area contributed by atoms with E-state index < -0.39 is 6.04 Å². The third-order valence-corrected chi connectivity index (χ3v) is 3.16. The highest BCUT2D eigenvalue weighted by atomic mass is 16.2. The first kappa shape index (κ1) is 12.8. The van der Waals surface area contributed by atoms with E-state index in [-0.39, 0.29) is 18.4 Å². The number of carbonyl (C=O) groups excluding carboxylic acids is 2. The number of nitrogens with zero attached hydrogens (tertiary/aromatic N) is 3. The zero-order valence-electron chi connectivity index (χ0n) is 10.7. The molecule has 1 unspecified atom stereocenters. The fourth-order valence-electron chi connectivity index (χ4n) is 2.19. The number of aromatic nitrogens is 2. The van der Waals surface area contributed by atoms with E-state index in [1.165, 1.54) is 4.90 Å². The summed E-state index contributed by atoms with van der Waals surface area (Å²) in [7, 11) is 0. The maximum Gasteiger partial charge on any atom is 0.246 e. The van der Waals surface area contributed by atoms with Crippen molar-refractivity contribution in [1.82, 2.24) is 14.7 Å². The third-order valence-electron chi connectivity index (χ3n) is 3.16. The van der Waals surface area contributed by atoms with Crippen molar-refractivity contribution >= 4 is 11.8 Å². The van der Waals surface area contributed by atoms with Crippen molar-refractivity contribution < 1.29 is 9.59 Å². The van der Waals surface area contributed by atoms with Crippen LogP contribution in [-0.2, 0) is 22.7 Å². The van der Waals surface area contributed by atoms with Gasteiger partial charge in [0.25, 0.3) is 0 Å². The van der Waals surface area contributed by atoms with Crippen LogP contribution in [0.2, 0.25) is 0 Å². The van der Waals surface area contributed by atoms with Crippen molar-refractivity contribution in [1.29, 1.82) is 0 Å². The predicted molar refractivity (Wildman–Crippen MR) is 65.4 cm³/mol. The number of piperidine rings is 1. The first-order valence-corrected chi connectivity index (χ1v) is 6.16. The van der Waals surface area contributed by atoms with Crippen LogP contribution < -0.4 is 5.73 Å². The zero-order valence-corrected chi connectivity index (χ0v) is 10.7. The lowest BCUT2D eigenvalue weighted by molar-refractivity contribution is -0.150. The Balaban J connectivity index is 2.21. The highest BCUT2D eigenvalue weighted by Gasteiger charge is 2.32. The summed E-state index contributed by atoms with van der Waals surface area (Å²) >= 11 is 0. The number of rotatable bonds is 3. The lowest BCUT2D eigenvalue weighted by Gasteiger charge is -2.28. The van der Waals surface area contributed by atoms with Crippen molar-refractivity contribution in [2.24, 2.45) is 5.73 Å². The van der Waals surface area contributed by atoms with Crippen LogP contribution in [-0.4, -0.2) is 32.5 Å². The molecule has 0 aromatic carbocycles. The average molecular weight is 250 g/mol. The van der Waals surface area contributed by atoms with Crippen molar-refractivity contribution in [3.63, 3.8) is 0 Å². The molecule has 6 nitrogen and oxygen atoms in total. The predicted octanol–water partition coefficient (Wildman–Crippen LogP) is 0.188. The summed E-state index contributed by atoms with van der Waals surface area (Å²) in [6.45, 7) is 4.84. The second-order valence-corrected chi connectivity index (χ2v) is 4.56. The lowest BCUT2D eigenvalue weighted by atomic mass is 10.0. The van der Waals surface area contributed by atoms with Crippen LogP contribution in [0.25, 0.3) is 0 Å². The summed E-state index contributed by atoms with van der Waals surface area (Å²) in [5.74, 6) is -0.434. The molecule has 1 fully saturated rings. The van der Waals surface area contributed by atoms with Crippen molar-refractivity contribution in [2.45, 2.75) is 45.8 Å². The van der Waals surface area contributed by atoms with Gasteiger partial charge in [0, 0.05) is 13.0 Å². The average Bonchev–Trinajstić information content (AvgIpc) is 2.70. The molecular formula is C12H18N4O2. The highest BCUT2D eigenvalue weighted by molar-refractivity contribution is 6.00. The minimum absolute atomic E-state index is 0.150. The van der Waals surface area contributed by atoms with Gasteiger partial charge < -0.3 is 5.73 Å². The van der Waals surface area contributed by atoms with Crippen molar-refractivity contribution in [3.05, 3.63) is 17.5 Å². The molecule has 98 valence electrons. The summed E-state index contributed by atoms with van der Waals surface area (Å²) < 4.78 is 1.80. The minimum Gasteiger partial charge on any atom is -0.320 e. The molecule has 2 rings (SSSR count). The number of carbonyl (C=O) groups is 2. The van der Waals surface area contributed by atoms with Gasteiger partial charge in [-0.3, -0.25) is 19.2 Å². The Morgan fingerprint density at radius 1 is 1.50 bits per heavy atom. The van der Waals surface area contributed by atoms with E-state index in [4.69, 9.17) is 5.73 Å². The molecule has 0 spiro atoms. The van der Waals surface area contributed by atoms with Gasteiger partial charge in [0.1, 0.15) is 0 Å². The highest BCUT2D eigenvalue weighted by Crippen LogP contribution is 2.16. The molecule has 1 aliphatic rings. The molecule has 1 aromatic rings. The van der Waals surface area contributed by atoms with Gasteiger partial charge in [-0.25, -0.2) is 0 Å². The summed E-state index contributed by atoms with van der Waals surface area (Å²) in [6.07, 6.45) is 0.784. The van der Waals surface area contributed by atoms with Gasteiger partial charge in [0.05, 0.1) is 24.0 Å². The lowest BCUT2D eigenvalue weighted by Crippen LogP contribution is -2.50. The van der Waals surface area contributed by atoms with Gasteiger partial charge in [0.15, 0.2) is 0 Å². The molecule has 0 saturated carbocycles. The molecule has 0 aliphatic carbocycles. The first-order chi connectivity index (χ1) is 8.52. The number of nitrogens with two attached hydrogens (primary N) is 1. The van der Waals surface area contributed by atoms with Crippen molar-refractivity contribution in [2.75, 3.05) is 0 Å². The smallest absolute Gasteiger partial charge is 0.246 e. The fraction of sp³-hybridized carbons (Fsp3) is 0.583. The van der Waals surface area contributed by atoms with Gasteiger partial charge >= 0.3 is 0 Å². The Labute approximate surface area is 106 Å². The molecule has 1 aliphatic heterocycles. The second kappa shape index (κ2) is 4.89. The van der Waals surface area contributed by atoms with Crippen LogP contribution in [0.4, 0.5) is 0 Å². The van der Waals surface area contributed by atoms with Crippen LogP contribution in [0.1, 0.15) is 31.2 Å². The second-order valence-electron chi connectivity index (χ2n) is 4.56. The first-order valence-electron chi connectivity index (χ1n) is 6.16. The summed E-state index contributed by atoms with van der Waals surface area (Å²) in [4.78, 5) is 24.9. The molecule has 1 saturated heterocycles. The SMILES string of the molecule is CCn1nc(C)cc1CN1C(=O)CCC(N)C1=O. The molecule has 0 radical (unpaired) electrons. The minimum atomic E-state index is -0.554. The van der Waals surface area contributed by atoms with E-state index in [0.29, 0.717) is 19.4 Å². The van der Waals surface area contributed by atoms with E-state index in [1.54, 1.807) is 4.68 Å². The molecule has 1 atom stereocenters. The maximum atomic E-state index is 11.9. The Morgan fingerprint density at radius 2 is 2.22 bits per heavy atom. The normalized spacial score (nSPS) is 20.6. The summed E-state index contributed by atoms with van der Waals surface area (Å²) in [5.41, 5.74) is 7.44. The number of amides is 2. The Bertz CT molecular complexity index is 480. The Kier molecular flexibility index (Phi) is 3.47. The van der Waals surface area contributed by atoms with Gasteiger partial charge in [-0.15, -0.1) is 0 Å². The fourth-order valence-corrected chi connectivity index (χ4v) is 2.19. The van der Waals surface area contributed by atoms with E-state index >= 15 is 0 Å². The van der Waals surface area contributed by atoms with Gasteiger partial charge in [-0.05, 0) is 26.3 Å². The van der Waals surface area contributed by atoms with E-state index in [9.17, 15) is 9.59 Å². The topological polar surface area (TPSA) is 81.2 Å². The molecule has 1 aromatic heterocycles. The van der Waals surface area contributed by atoms with E-state index in [1.807, 2.05) is 19.9 Å². The molecule has 6 heteroatoms. The molecule has 0 bridgehead atoms. The summed E-state index contributed by atoms with van der Waals surface area (Å²) in [5, 5.41) is 4.30. The van der Waals surface area contributed by atoms with Crippen LogP contribution in [0.3, 0.4) is 0 Å². The standard InChI is InChI=1S/C12H18N4O2/c1-3-16-9(6-8(2)14-16)7-15-11(17)5-4-10(13)12(15)18/h6,10H,3-5,7,13H2,1-2H3. The monoisotopic (exact) mass is 250 g/mol. The van der Waals surface area contributed by atoms with Crippen molar-refractivity contribution in [3.8, 4) is 0 Å². The Morgan fingerprint density at radius 3 is 2.89 bits per heavy atom. The molecular weight excluding hydrogens is 232 g/mol. The number of aryl methyl sites for hydroxylation is 2. The number of likely N-dealkylation sites (tertiary alicyclic amines) is 1. The van der Waals surface area contributed by atoms with Gasteiger partial charge in [-0.1, -0.05) is 0 Å². The van der Waals surface area contributed by atoms with Crippen LogP contribution in [0.15, 0.2) is 6.07 Å². The molecule has 2 heterocycles. The number of hydrogen-bond donors (Lipinski definition) is 1.